The van der Waals surface area contributed by atoms with E-state index in [1.807, 2.05) is 29.1 Å². The van der Waals surface area contributed by atoms with E-state index in [0.29, 0.717) is 0 Å². The summed E-state index contributed by atoms with van der Waals surface area (Å²) in [5.74, 6) is 0. The molecule has 3 aromatic rings. The van der Waals surface area contributed by atoms with Gasteiger partial charge in [-0.25, -0.2) is 9.67 Å². The van der Waals surface area contributed by atoms with Gasteiger partial charge in [-0.15, -0.1) is 5.10 Å². The van der Waals surface area contributed by atoms with Gasteiger partial charge in [0.2, 0.25) is 0 Å². The maximum atomic E-state index is 4.12. The van der Waals surface area contributed by atoms with Crippen LogP contribution in [0.2, 0.25) is 0 Å². The summed E-state index contributed by atoms with van der Waals surface area (Å²) in [4.78, 5) is 7.09. The molecule has 0 fully saturated rings. The summed E-state index contributed by atoms with van der Waals surface area (Å²) in [5, 5.41) is 8.11. The molecule has 2 aromatic heterocycles. The first kappa shape index (κ1) is 10.7. The summed E-state index contributed by atoms with van der Waals surface area (Å²) in [7, 11) is 0. The van der Waals surface area contributed by atoms with Gasteiger partial charge in [-0.1, -0.05) is 35.5 Å². The van der Waals surface area contributed by atoms with Crippen molar-refractivity contribution in [2.75, 3.05) is 0 Å². The monoisotopic (exact) mass is 239 g/mol. The van der Waals surface area contributed by atoms with Gasteiger partial charge < -0.3 is 4.98 Å². The standard InChI is InChI=1S/C13H13N5/c1-2-4-11(5-3-1)13-9-16-17-18(13)7-6-12-8-14-10-15-12/h1-5,8-10H,6-7H2,(H,14,15). The molecule has 18 heavy (non-hydrogen) atoms. The van der Waals surface area contributed by atoms with Crippen molar-refractivity contribution in [3.8, 4) is 11.3 Å². The van der Waals surface area contributed by atoms with E-state index < -0.39 is 0 Å². The minimum atomic E-state index is 0.784. The third kappa shape index (κ3) is 2.15. The fourth-order valence-electron chi connectivity index (χ4n) is 1.90. The lowest BCUT2D eigenvalue weighted by atomic mass is 10.2. The van der Waals surface area contributed by atoms with Gasteiger partial charge in [-0.3, -0.25) is 0 Å². The predicted molar refractivity (Wildman–Crippen MR) is 67.7 cm³/mol. The maximum Gasteiger partial charge on any atom is 0.0921 e. The van der Waals surface area contributed by atoms with Crippen LogP contribution in [0.25, 0.3) is 11.3 Å². The van der Waals surface area contributed by atoms with Crippen LogP contribution >= 0.6 is 0 Å². The second-order valence-electron chi connectivity index (χ2n) is 4.04. The lowest BCUT2D eigenvalue weighted by molar-refractivity contribution is 0.590. The number of benzene rings is 1. The zero-order valence-electron chi connectivity index (χ0n) is 9.82. The van der Waals surface area contributed by atoms with E-state index in [0.717, 1.165) is 29.9 Å². The highest BCUT2D eigenvalue weighted by molar-refractivity contribution is 5.57. The van der Waals surface area contributed by atoms with E-state index in [2.05, 4.69) is 32.4 Å². The molecule has 0 aliphatic rings. The summed E-state index contributed by atoms with van der Waals surface area (Å²) >= 11 is 0. The van der Waals surface area contributed by atoms with Crippen LogP contribution in [0.3, 0.4) is 0 Å². The Morgan fingerprint density at radius 2 is 2.00 bits per heavy atom. The number of aromatic amines is 1. The van der Waals surface area contributed by atoms with Crippen LogP contribution in [0.1, 0.15) is 5.69 Å². The Morgan fingerprint density at radius 1 is 1.11 bits per heavy atom. The molecule has 0 saturated carbocycles. The summed E-state index contributed by atoms with van der Waals surface area (Å²) in [6.45, 7) is 0.784. The number of H-pyrrole nitrogens is 1. The maximum absolute atomic E-state index is 4.12. The second-order valence-corrected chi connectivity index (χ2v) is 4.04. The number of hydrogen-bond donors (Lipinski definition) is 1. The molecule has 0 bridgehead atoms. The van der Waals surface area contributed by atoms with Crippen LogP contribution in [0, 0.1) is 0 Å². The van der Waals surface area contributed by atoms with Crippen molar-refractivity contribution in [2.24, 2.45) is 0 Å². The van der Waals surface area contributed by atoms with Gasteiger partial charge in [0.25, 0.3) is 0 Å². The molecule has 0 aliphatic heterocycles. The molecule has 2 heterocycles. The van der Waals surface area contributed by atoms with Crippen LogP contribution in [0.15, 0.2) is 49.1 Å². The van der Waals surface area contributed by atoms with Crippen LogP contribution < -0.4 is 0 Å². The third-order valence-corrected chi connectivity index (χ3v) is 2.84. The Bertz CT molecular complexity index is 597. The lowest BCUT2D eigenvalue weighted by Crippen LogP contribution is -2.05. The summed E-state index contributed by atoms with van der Waals surface area (Å²) in [5.41, 5.74) is 3.27. The molecule has 3 rings (SSSR count). The van der Waals surface area contributed by atoms with Crippen molar-refractivity contribution in [1.29, 1.82) is 0 Å². The summed E-state index contributed by atoms with van der Waals surface area (Å²) < 4.78 is 1.91. The van der Waals surface area contributed by atoms with Crippen molar-refractivity contribution < 1.29 is 0 Å². The minimum absolute atomic E-state index is 0.784. The average Bonchev–Trinajstić information content (AvgIpc) is 3.09. The van der Waals surface area contributed by atoms with Gasteiger partial charge in [0.05, 0.1) is 18.2 Å². The Balaban J connectivity index is 1.80. The Labute approximate surface area is 104 Å². The van der Waals surface area contributed by atoms with E-state index in [-0.39, 0.29) is 0 Å². The van der Waals surface area contributed by atoms with Crippen molar-refractivity contribution in [1.82, 2.24) is 25.0 Å². The Morgan fingerprint density at radius 3 is 2.78 bits per heavy atom. The van der Waals surface area contributed by atoms with E-state index in [9.17, 15) is 0 Å². The van der Waals surface area contributed by atoms with Gasteiger partial charge in [0.15, 0.2) is 0 Å². The molecule has 0 unspecified atom stereocenters. The van der Waals surface area contributed by atoms with Crippen LogP contribution in [0.4, 0.5) is 0 Å². The SMILES string of the molecule is c1ccc(-c2cnnn2CCc2cnc[nH]2)cc1. The largest absolute Gasteiger partial charge is 0.348 e. The smallest absolute Gasteiger partial charge is 0.0921 e. The van der Waals surface area contributed by atoms with Crippen molar-refractivity contribution in [3.63, 3.8) is 0 Å². The molecule has 0 radical (unpaired) electrons. The Kier molecular flexibility index (Phi) is 2.87. The Hall–Kier alpha value is -2.43. The fraction of sp³-hybridized carbons (Fsp3) is 0.154. The molecular formula is C13H13N5. The van der Waals surface area contributed by atoms with Crippen LogP contribution in [0.5, 0.6) is 0 Å². The second kappa shape index (κ2) is 4.83. The number of nitrogens with one attached hydrogen (secondary N) is 1. The van der Waals surface area contributed by atoms with Crippen LogP contribution in [-0.4, -0.2) is 25.0 Å². The summed E-state index contributed by atoms with van der Waals surface area (Å²) in [6, 6.07) is 10.2. The topological polar surface area (TPSA) is 59.4 Å². The molecular weight excluding hydrogens is 226 g/mol. The van der Waals surface area contributed by atoms with Gasteiger partial charge >= 0.3 is 0 Å². The van der Waals surface area contributed by atoms with Gasteiger partial charge in [-0.05, 0) is 0 Å². The van der Waals surface area contributed by atoms with E-state index in [1.165, 1.54) is 0 Å². The first-order valence-electron chi connectivity index (χ1n) is 5.84. The third-order valence-electron chi connectivity index (χ3n) is 2.84. The number of aryl methyl sites for hydroxylation is 2. The highest BCUT2D eigenvalue weighted by Crippen LogP contribution is 2.17. The molecule has 90 valence electrons. The predicted octanol–water partition coefficient (Wildman–Crippen LogP) is 1.91. The van der Waals surface area contributed by atoms with Gasteiger partial charge in [0.1, 0.15) is 0 Å². The van der Waals surface area contributed by atoms with E-state index >= 15 is 0 Å². The molecule has 0 aliphatic carbocycles. The lowest BCUT2D eigenvalue weighted by Gasteiger charge is -2.05. The molecule has 1 N–H and O–H groups in total. The van der Waals surface area contributed by atoms with Gasteiger partial charge in [-0.2, -0.15) is 0 Å². The number of aromatic nitrogens is 5. The van der Waals surface area contributed by atoms with Crippen LogP contribution in [-0.2, 0) is 13.0 Å². The highest BCUT2D eigenvalue weighted by atomic mass is 15.4. The fourth-order valence-corrected chi connectivity index (χ4v) is 1.90. The average molecular weight is 239 g/mol. The number of rotatable bonds is 4. The normalized spacial score (nSPS) is 10.7. The zero-order chi connectivity index (χ0) is 12.2. The quantitative estimate of drug-likeness (QED) is 0.756. The van der Waals surface area contributed by atoms with Crippen molar-refractivity contribution in [3.05, 3.63) is 54.7 Å². The highest BCUT2D eigenvalue weighted by Gasteiger charge is 2.06. The van der Waals surface area contributed by atoms with Crippen molar-refractivity contribution >= 4 is 0 Å². The number of nitrogens with zero attached hydrogens (tertiary/aromatic N) is 4. The number of imidazole rings is 1. The van der Waals surface area contributed by atoms with E-state index in [1.54, 1.807) is 12.5 Å². The van der Waals surface area contributed by atoms with Crippen molar-refractivity contribution in [2.45, 2.75) is 13.0 Å². The summed E-state index contributed by atoms with van der Waals surface area (Å²) in [6.07, 6.45) is 6.18. The molecule has 0 amide bonds. The molecule has 0 saturated heterocycles. The van der Waals surface area contributed by atoms with E-state index in [4.69, 9.17) is 0 Å². The number of hydrogen-bond acceptors (Lipinski definition) is 3. The molecule has 5 heteroatoms. The zero-order valence-corrected chi connectivity index (χ0v) is 9.82. The first-order valence-corrected chi connectivity index (χ1v) is 5.84. The molecule has 0 spiro atoms. The first-order chi connectivity index (χ1) is 8.93. The molecule has 1 aromatic carbocycles. The molecule has 5 nitrogen and oxygen atoms in total. The van der Waals surface area contributed by atoms with Gasteiger partial charge in [0, 0.05) is 30.4 Å². The molecule has 0 atom stereocenters. The minimum Gasteiger partial charge on any atom is -0.348 e.